The molecule has 1 heterocycles. The number of nitrogen functional groups attached to an aromatic ring is 1. The number of nitrogens with two attached hydrogens (primary N) is 1. The minimum absolute atomic E-state index is 0.238. The van der Waals surface area contributed by atoms with Crippen LogP contribution in [0.25, 0.3) is 11.3 Å². The maximum Gasteiger partial charge on any atom is 0.131 e. The van der Waals surface area contributed by atoms with Crippen LogP contribution in [0, 0.1) is 12.7 Å². The maximum absolute atomic E-state index is 13.3. The Morgan fingerprint density at radius 1 is 1.40 bits per heavy atom. The SMILES string of the molecule is Cc1ccc(-c2ncn(C)c2N)cc1F. The van der Waals surface area contributed by atoms with Crippen molar-refractivity contribution in [2.75, 3.05) is 5.73 Å². The Morgan fingerprint density at radius 3 is 2.67 bits per heavy atom. The van der Waals surface area contributed by atoms with Gasteiger partial charge < -0.3 is 10.3 Å². The summed E-state index contributed by atoms with van der Waals surface area (Å²) in [6, 6.07) is 4.99. The van der Waals surface area contributed by atoms with Gasteiger partial charge in [-0.25, -0.2) is 9.37 Å². The van der Waals surface area contributed by atoms with Crippen LogP contribution in [0.15, 0.2) is 24.5 Å². The van der Waals surface area contributed by atoms with Crippen molar-refractivity contribution >= 4 is 5.82 Å². The highest BCUT2D eigenvalue weighted by Crippen LogP contribution is 2.24. The second-order valence-corrected chi connectivity index (χ2v) is 3.55. The summed E-state index contributed by atoms with van der Waals surface area (Å²) in [6.07, 6.45) is 1.61. The van der Waals surface area contributed by atoms with Crippen molar-refractivity contribution in [2.45, 2.75) is 6.92 Å². The number of nitrogens with zero attached hydrogens (tertiary/aromatic N) is 2. The summed E-state index contributed by atoms with van der Waals surface area (Å²) in [7, 11) is 1.80. The van der Waals surface area contributed by atoms with Crippen molar-refractivity contribution in [3.63, 3.8) is 0 Å². The van der Waals surface area contributed by atoms with Crippen LogP contribution in [0.2, 0.25) is 0 Å². The van der Waals surface area contributed by atoms with Gasteiger partial charge in [0.05, 0.1) is 6.33 Å². The number of anilines is 1. The van der Waals surface area contributed by atoms with E-state index < -0.39 is 0 Å². The first-order valence-electron chi connectivity index (χ1n) is 4.63. The second-order valence-electron chi connectivity index (χ2n) is 3.55. The lowest BCUT2D eigenvalue weighted by Gasteiger charge is -2.02. The fourth-order valence-corrected chi connectivity index (χ4v) is 1.40. The number of aromatic nitrogens is 2. The van der Waals surface area contributed by atoms with Crippen LogP contribution in [0.4, 0.5) is 10.2 Å². The smallest absolute Gasteiger partial charge is 0.131 e. The van der Waals surface area contributed by atoms with Crippen molar-refractivity contribution in [3.05, 3.63) is 35.9 Å². The van der Waals surface area contributed by atoms with Gasteiger partial charge >= 0.3 is 0 Å². The molecule has 4 heteroatoms. The van der Waals surface area contributed by atoms with Crippen LogP contribution in [-0.2, 0) is 7.05 Å². The maximum atomic E-state index is 13.3. The van der Waals surface area contributed by atoms with E-state index in [2.05, 4.69) is 4.98 Å². The fraction of sp³-hybridized carbons (Fsp3) is 0.182. The molecule has 0 amide bonds. The Hall–Kier alpha value is -1.84. The normalized spacial score (nSPS) is 10.6. The zero-order valence-electron chi connectivity index (χ0n) is 8.66. The van der Waals surface area contributed by atoms with Gasteiger partial charge in [-0.2, -0.15) is 0 Å². The molecule has 2 aromatic rings. The minimum atomic E-state index is -0.238. The molecular weight excluding hydrogens is 193 g/mol. The molecule has 0 aliphatic heterocycles. The van der Waals surface area contributed by atoms with Gasteiger partial charge in [-0.15, -0.1) is 0 Å². The summed E-state index contributed by atoms with van der Waals surface area (Å²) in [5, 5.41) is 0. The van der Waals surface area contributed by atoms with E-state index in [0.29, 0.717) is 22.6 Å². The van der Waals surface area contributed by atoms with Gasteiger partial charge in [0, 0.05) is 12.6 Å². The molecule has 0 aliphatic rings. The molecule has 0 aliphatic carbocycles. The van der Waals surface area contributed by atoms with Crippen LogP contribution < -0.4 is 5.73 Å². The lowest BCUT2D eigenvalue weighted by molar-refractivity contribution is 0.619. The summed E-state index contributed by atoms with van der Waals surface area (Å²) in [5.41, 5.74) is 7.75. The molecule has 2 N–H and O–H groups in total. The van der Waals surface area contributed by atoms with E-state index in [-0.39, 0.29) is 5.82 Å². The van der Waals surface area contributed by atoms with Crippen LogP contribution in [0.3, 0.4) is 0 Å². The molecular formula is C11H12FN3. The lowest BCUT2D eigenvalue weighted by Crippen LogP contribution is -1.96. The predicted octanol–water partition coefficient (Wildman–Crippen LogP) is 2.12. The molecule has 0 unspecified atom stereocenters. The largest absolute Gasteiger partial charge is 0.383 e. The molecule has 0 bridgehead atoms. The van der Waals surface area contributed by atoms with E-state index in [1.165, 1.54) is 6.07 Å². The van der Waals surface area contributed by atoms with Crippen molar-refractivity contribution in [3.8, 4) is 11.3 Å². The van der Waals surface area contributed by atoms with E-state index in [0.717, 1.165) is 0 Å². The standard InChI is InChI=1S/C11H12FN3/c1-7-3-4-8(5-9(7)12)10-11(13)15(2)6-14-10/h3-6H,13H2,1-2H3. The minimum Gasteiger partial charge on any atom is -0.383 e. The van der Waals surface area contributed by atoms with Crippen molar-refractivity contribution in [1.29, 1.82) is 0 Å². The van der Waals surface area contributed by atoms with E-state index in [4.69, 9.17) is 5.73 Å². The van der Waals surface area contributed by atoms with Gasteiger partial charge in [0.15, 0.2) is 0 Å². The van der Waals surface area contributed by atoms with Crippen LogP contribution >= 0.6 is 0 Å². The average Bonchev–Trinajstić information content (AvgIpc) is 2.53. The Bertz CT molecular complexity index is 503. The van der Waals surface area contributed by atoms with Crippen LogP contribution in [0.1, 0.15) is 5.56 Å². The molecule has 0 spiro atoms. The highest BCUT2D eigenvalue weighted by molar-refractivity contribution is 5.70. The molecule has 1 aromatic heterocycles. The number of halogens is 1. The number of hydrogen-bond acceptors (Lipinski definition) is 2. The first-order chi connectivity index (χ1) is 7.09. The summed E-state index contributed by atoms with van der Waals surface area (Å²) in [6.45, 7) is 1.72. The van der Waals surface area contributed by atoms with Gasteiger partial charge in [-0.3, -0.25) is 0 Å². The lowest BCUT2D eigenvalue weighted by atomic mass is 10.1. The number of benzene rings is 1. The molecule has 0 saturated carbocycles. The monoisotopic (exact) mass is 205 g/mol. The number of rotatable bonds is 1. The van der Waals surface area contributed by atoms with Gasteiger partial charge in [-0.1, -0.05) is 12.1 Å². The van der Waals surface area contributed by atoms with E-state index in [1.54, 1.807) is 30.9 Å². The van der Waals surface area contributed by atoms with Crippen LogP contribution in [-0.4, -0.2) is 9.55 Å². The molecule has 1 aromatic carbocycles. The Labute approximate surface area is 87.4 Å². The quantitative estimate of drug-likeness (QED) is 0.774. The Balaban J connectivity index is 2.55. The molecule has 3 nitrogen and oxygen atoms in total. The molecule has 15 heavy (non-hydrogen) atoms. The summed E-state index contributed by atoms with van der Waals surface area (Å²) >= 11 is 0. The number of hydrogen-bond donors (Lipinski definition) is 1. The third-order valence-corrected chi connectivity index (χ3v) is 2.43. The second kappa shape index (κ2) is 3.38. The third kappa shape index (κ3) is 1.58. The molecule has 0 fully saturated rings. The van der Waals surface area contributed by atoms with E-state index in [9.17, 15) is 4.39 Å². The van der Waals surface area contributed by atoms with E-state index >= 15 is 0 Å². The van der Waals surface area contributed by atoms with Crippen LogP contribution in [0.5, 0.6) is 0 Å². The van der Waals surface area contributed by atoms with Gasteiger partial charge in [-0.05, 0) is 18.6 Å². The molecule has 78 valence electrons. The Kier molecular flexibility index (Phi) is 2.19. The van der Waals surface area contributed by atoms with Gasteiger partial charge in [0.2, 0.25) is 0 Å². The first-order valence-corrected chi connectivity index (χ1v) is 4.63. The average molecular weight is 205 g/mol. The third-order valence-electron chi connectivity index (χ3n) is 2.43. The molecule has 0 radical (unpaired) electrons. The predicted molar refractivity (Wildman–Crippen MR) is 57.8 cm³/mol. The zero-order valence-corrected chi connectivity index (χ0v) is 8.66. The highest BCUT2D eigenvalue weighted by Gasteiger charge is 2.09. The summed E-state index contributed by atoms with van der Waals surface area (Å²) in [4.78, 5) is 4.13. The number of imidazole rings is 1. The van der Waals surface area contributed by atoms with Crippen molar-refractivity contribution in [1.82, 2.24) is 9.55 Å². The molecule has 2 rings (SSSR count). The van der Waals surface area contributed by atoms with Gasteiger partial charge in [0.25, 0.3) is 0 Å². The van der Waals surface area contributed by atoms with Crippen molar-refractivity contribution in [2.24, 2.45) is 7.05 Å². The highest BCUT2D eigenvalue weighted by atomic mass is 19.1. The molecule has 0 saturated heterocycles. The van der Waals surface area contributed by atoms with Crippen molar-refractivity contribution < 1.29 is 4.39 Å². The molecule has 0 atom stereocenters. The fourth-order valence-electron chi connectivity index (χ4n) is 1.40. The Morgan fingerprint density at radius 2 is 2.13 bits per heavy atom. The summed E-state index contributed by atoms with van der Waals surface area (Å²) in [5.74, 6) is 0.302. The topological polar surface area (TPSA) is 43.8 Å². The zero-order chi connectivity index (χ0) is 11.0. The van der Waals surface area contributed by atoms with E-state index in [1.807, 2.05) is 6.07 Å². The number of aryl methyl sites for hydroxylation is 2. The first kappa shape index (κ1) is 9.71. The van der Waals surface area contributed by atoms with Gasteiger partial charge in [0.1, 0.15) is 17.3 Å². The summed E-state index contributed by atoms with van der Waals surface area (Å²) < 4.78 is 15.0.